The van der Waals surface area contributed by atoms with Crippen LogP contribution in [0.1, 0.15) is 36.1 Å². The molecule has 0 aromatic heterocycles. The van der Waals surface area contributed by atoms with Gasteiger partial charge in [-0.05, 0) is 64.2 Å². The van der Waals surface area contributed by atoms with Gasteiger partial charge in [0.05, 0.1) is 11.1 Å². The molecule has 112 valence electrons. The smallest absolute Gasteiger partial charge is 0.133 e. The average molecular weight is 414 g/mol. The molecule has 0 fully saturated rings. The van der Waals surface area contributed by atoms with E-state index in [1.54, 1.807) is 0 Å². The summed E-state index contributed by atoms with van der Waals surface area (Å²) >= 11 is 6.97. The first kappa shape index (κ1) is 16.5. The number of ether oxygens (including phenoxy) is 1. The second kappa shape index (κ2) is 7.43. The van der Waals surface area contributed by atoms with Gasteiger partial charge in [-0.25, -0.2) is 0 Å². The molecular weight excluding hydrogens is 396 g/mol. The highest BCUT2D eigenvalue weighted by molar-refractivity contribution is 9.10. The number of benzene rings is 2. The number of halogens is 2. The molecule has 0 amide bonds. The Bertz CT molecular complexity index is 626. The quantitative estimate of drug-likeness (QED) is 0.711. The van der Waals surface area contributed by atoms with Crippen molar-refractivity contribution in [2.45, 2.75) is 26.4 Å². The maximum Gasteiger partial charge on any atom is 0.133 e. The molecule has 2 rings (SSSR count). The van der Waals surface area contributed by atoms with Crippen LogP contribution in [0, 0.1) is 6.92 Å². The van der Waals surface area contributed by atoms with Crippen LogP contribution < -0.4 is 4.74 Å². The van der Waals surface area contributed by atoms with Crippen LogP contribution >= 0.6 is 31.9 Å². The molecule has 2 aromatic carbocycles. The zero-order valence-electron chi connectivity index (χ0n) is 12.1. The molecule has 0 heterocycles. The summed E-state index contributed by atoms with van der Waals surface area (Å²) in [6.07, 6.45) is 0.322. The number of aliphatic hydroxyl groups excluding tert-OH is 1. The third-order valence-corrected chi connectivity index (χ3v) is 4.74. The molecule has 0 aliphatic rings. The van der Waals surface area contributed by atoms with Crippen LogP contribution in [-0.4, -0.2) is 11.7 Å². The minimum absolute atomic E-state index is 0.645. The highest BCUT2D eigenvalue weighted by atomic mass is 79.9. The Morgan fingerprint density at radius 1 is 1.05 bits per heavy atom. The molecule has 0 spiro atoms. The number of hydrogen-bond donors (Lipinski definition) is 1. The van der Waals surface area contributed by atoms with Crippen molar-refractivity contribution in [3.63, 3.8) is 0 Å². The summed E-state index contributed by atoms with van der Waals surface area (Å²) in [4.78, 5) is 0. The Morgan fingerprint density at radius 2 is 1.71 bits per heavy atom. The van der Waals surface area contributed by atoms with Gasteiger partial charge >= 0.3 is 0 Å². The first-order valence-electron chi connectivity index (χ1n) is 6.89. The minimum Gasteiger partial charge on any atom is -0.492 e. The average Bonchev–Trinajstić information content (AvgIpc) is 2.48. The van der Waals surface area contributed by atoms with Gasteiger partial charge in [0.1, 0.15) is 11.9 Å². The number of hydrogen-bond acceptors (Lipinski definition) is 2. The molecule has 2 aromatic rings. The van der Waals surface area contributed by atoms with Gasteiger partial charge < -0.3 is 9.84 Å². The predicted molar refractivity (Wildman–Crippen MR) is 92.9 cm³/mol. The fourth-order valence-electron chi connectivity index (χ4n) is 2.05. The Balaban J connectivity index is 2.24. The highest BCUT2D eigenvalue weighted by Crippen LogP contribution is 2.32. The van der Waals surface area contributed by atoms with Crippen LogP contribution in [0.2, 0.25) is 0 Å². The molecule has 0 saturated heterocycles. The van der Waals surface area contributed by atoms with E-state index < -0.39 is 6.10 Å². The lowest BCUT2D eigenvalue weighted by Crippen LogP contribution is -2.01. The molecule has 1 N–H and O–H groups in total. The van der Waals surface area contributed by atoms with Gasteiger partial charge in [-0.15, -0.1) is 0 Å². The van der Waals surface area contributed by atoms with Crippen molar-refractivity contribution >= 4 is 31.9 Å². The molecule has 1 atom stereocenters. The number of aryl methyl sites for hydroxylation is 1. The summed E-state index contributed by atoms with van der Waals surface area (Å²) in [5.74, 6) is 0.805. The Kier molecular flexibility index (Phi) is 5.85. The van der Waals surface area contributed by atoms with E-state index in [0.29, 0.717) is 6.61 Å². The van der Waals surface area contributed by atoms with E-state index in [1.807, 2.05) is 43.3 Å². The normalized spacial score (nSPS) is 12.2. The zero-order valence-corrected chi connectivity index (χ0v) is 15.2. The van der Waals surface area contributed by atoms with Crippen LogP contribution in [0.4, 0.5) is 0 Å². The number of rotatable bonds is 5. The van der Waals surface area contributed by atoms with Crippen LogP contribution in [0.25, 0.3) is 0 Å². The van der Waals surface area contributed by atoms with E-state index in [9.17, 15) is 5.11 Å². The highest BCUT2D eigenvalue weighted by Gasteiger charge is 2.13. The molecule has 21 heavy (non-hydrogen) atoms. The van der Waals surface area contributed by atoms with Crippen molar-refractivity contribution in [2.75, 3.05) is 6.61 Å². The summed E-state index contributed by atoms with van der Waals surface area (Å²) in [6, 6.07) is 11.6. The van der Waals surface area contributed by atoms with E-state index in [2.05, 4.69) is 38.8 Å². The summed E-state index contributed by atoms with van der Waals surface area (Å²) < 4.78 is 7.53. The Morgan fingerprint density at radius 3 is 2.33 bits per heavy atom. The molecule has 1 unspecified atom stereocenters. The molecule has 0 bridgehead atoms. The van der Waals surface area contributed by atoms with Crippen molar-refractivity contribution in [3.05, 3.63) is 62.0 Å². The third-order valence-electron chi connectivity index (χ3n) is 3.23. The van der Waals surface area contributed by atoms with Crippen molar-refractivity contribution in [1.82, 2.24) is 0 Å². The van der Waals surface area contributed by atoms with E-state index in [-0.39, 0.29) is 0 Å². The molecular formula is C17H18Br2O2. The minimum atomic E-state index is -0.645. The van der Waals surface area contributed by atoms with Crippen LogP contribution in [-0.2, 0) is 0 Å². The first-order valence-corrected chi connectivity index (χ1v) is 8.48. The molecule has 0 aliphatic carbocycles. The molecule has 0 saturated carbocycles. The molecule has 0 radical (unpaired) electrons. The lowest BCUT2D eigenvalue weighted by Gasteiger charge is -2.15. The van der Waals surface area contributed by atoms with E-state index >= 15 is 0 Å². The van der Waals surface area contributed by atoms with Gasteiger partial charge in [-0.3, -0.25) is 0 Å². The standard InChI is InChI=1S/C17H18Br2O2/c1-3-8-21-16-7-5-13(10-15(16)19)17(20)12-4-6-14(18)11(2)9-12/h4-7,9-10,17,20H,3,8H2,1-2H3. The Hall–Kier alpha value is -0.840. The fourth-order valence-corrected chi connectivity index (χ4v) is 2.80. The van der Waals surface area contributed by atoms with Crippen LogP contribution in [0.3, 0.4) is 0 Å². The van der Waals surface area contributed by atoms with Gasteiger partial charge in [0, 0.05) is 4.47 Å². The second-order valence-corrected chi connectivity index (χ2v) is 6.66. The third kappa shape index (κ3) is 4.09. The predicted octanol–water partition coefficient (Wildman–Crippen LogP) is 5.39. The van der Waals surface area contributed by atoms with Crippen molar-refractivity contribution < 1.29 is 9.84 Å². The summed E-state index contributed by atoms with van der Waals surface area (Å²) in [5, 5.41) is 10.5. The van der Waals surface area contributed by atoms with E-state index in [4.69, 9.17) is 4.74 Å². The monoisotopic (exact) mass is 412 g/mol. The maximum atomic E-state index is 10.5. The lowest BCUT2D eigenvalue weighted by atomic mass is 10.00. The zero-order chi connectivity index (χ0) is 15.4. The van der Waals surface area contributed by atoms with Gasteiger partial charge in [-0.2, -0.15) is 0 Å². The van der Waals surface area contributed by atoms with E-state index in [1.165, 1.54) is 0 Å². The van der Waals surface area contributed by atoms with Gasteiger partial charge in [0.25, 0.3) is 0 Å². The lowest BCUT2D eigenvalue weighted by molar-refractivity contribution is 0.220. The summed E-state index contributed by atoms with van der Waals surface area (Å²) in [7, 11) is 0. The SMILES string of the molecule is CCCOc1ccc(C(O)c2ccc(Br)c(C)c2)cc1Br. The van der Waals surface area contributed by atoms with Crippen molar-refractivity contribution in [1.29, 1.82) is 0 Å². The van der Waals surface area contributed by atoms with E-state index in [0.717, 1.165) is 37.8 Å². The molecule has 2 nitrogen and oxygen atoms in total. The van der Waals surface area contributed by atoms with Gasteiger partial charge in [-0.1, -0.05) is 41.1 Å². The topological polar surface area (TPSA) is 29.5 Å². The van der Waals surface area contributed by atoms with Gasteiger partial charge in [0.2, 0.25) is 0 Å². The van der Waals surface area contributed by atoms with Gasteiger partial charge in [0.15, 0.2) is 0 Å². The summed E-state index contributed by atoms with van der Waals surface area (Å²) in [5.41, 5.74) is 2.82. The van der Waals surface area contributed by atoms with Crippen LogP contribution in [0.5, 0.6) is 5.75 Å². The molecule has 0 aliphatic heterocycles. The first-order chi connectivity index (χ1) is 10.0. The number of aliphatic hydroxyl groups is 1. The Labute approximate surface area is 142 Å². The van der Waals surface area contributed by atoms with Crippen molar-refractivity contribution in [2.24, 2.45) is 0 Å². The van der Waals surface area contributed by atoms with Crippen molar-refractivity contribution in [3.8, 4) is 5.75 Å². The summed E-state index contributed by atoms with van der Waals surface area (Å²) in [6.45, 7) is 4.77. The molecule has 4 heteroatoms. The maximum absolute atomic E-state index is 10.5. The second-order valence-electron chi connectivity index (χ2n) is 4.95. The van der Waals surface area contributed by atoms with Crippen LogP contribution in [0.15, 0.2) is 45.3 Å². The largest absolute Gasteiger partial charge is 0.492 e. The fraction of sp³-hybridized carbons (Fsp3) is 0.294.